The molecule has 0 spiro atoms. The van der Waals surface area contributed by atoms with Gasteiger partial charge in [-0.3, -0.25) is 14.4 Å². The molecule has 2 unspecified atom stereocenters. The zero-order valence-electron chi connectivity index (χ0n) is 28.3. The Labute approximate surface area is 261 Å². The predicted molar refractivity (Wildman–Crippen MR) is 172 cm³/mol. The molecule has 0 aliphatic rings. The lowest BCUT2D eigenvalue weighted by Crippen LogP contribution is -2.54. The van der Waals surface area contributed by atoms with Gasteiger partial charge in [0.05, 0.1) is 52.9 Å². The Bertz CT molecular complexity index is 627. The van der Waals surface area contributed by atoms with Gasteiger partial charge in [-0.2, -0.15) is 0 Å². The van der Waals surface area contributed by atoms with E-state index in [-0.39, 0.29) is 24.9 Å². The maximum atomic E-state index is 12.6. The summed E-state index contributed by atoms with van der Waals surface area (Å²) in [5.41, 5.74) is 10.9. The van der Waals surface area contributed by atoms with Crippen LogP contribution in [0.15, 0.2) is 0 Å². The number of nitrogens with one attached hydrogen (secondary N) is 3. The van der Waals surface area contributed by atoms with Crippen LogP contribution in [0.1, 0.15) is 80.6 Å². The average molecular weight is 624 g/mol. The second-order valence-corrected chi connectivity index (χ2v) is 8.92. The molecule has 13 heteroatoms. The summed E-state index contributed by atoms with van der Waals surface area (Å²) < 4.78 is 21.5. The number of carbonyl (C=O) groups excluding carboxylic acids is 4. The van der Waals surface area contributed by atoms with Gasteiger partial charge in [0.1, 0.15) is 18.4 Å². The van der Waals surface area contributed by atoms with Crippen LogP contribution >= 0.6 is 0 Å². The first-order valence-electron chi connectivity index (χ1n) is 15.7. The standard InChI is InChI=1S/C23H47N5O7.C3H6O.2C2H6/c1-18(2)21(23(31)27-19(22(25)30)6-4-5-8-24)28-20(29)7-10-32-12-14-34-16-17-35-15-13-33-11-9-26-3;1-2-3-4;2*1-2/h18-19,21,26H,4-17,24H2,1-3H3,(H2,25,30)(H,27,31)(H,28,29);3H,2H2,1H3;2*1-2H3. The lowest BCUT2D eigenvalue weighted by molar-refractivity contribution is -0.132. The number of amides is 3. The van der Waals surface area contributed by atoms with Crippen molar-refractivity contribution in [1.29, 1.82) is 0 Å². The second-order valence-electron chi connectivity index (χ2n) is 8.92. The van der Waals surface area contributed by atoms with Gasteiger partial charge < -0.3 is 51.2 Å². The average Bonchev–Trinajstić information content (AvgIpc) is 3.01. The quantitative estimate of drug-likeness (QED) is 0.0736. The number of likely N-dealkylation sites (N-methyl/N-ethyl adjacent to an activating group) is 1. The molecule has 0 fully saturated rings. The van der Waals surface area contributed by atoms with Crippen LogP contribution < -0.4 is 27.4 Å². The minimum atomic E-state index is -0.794. The van der Waals surface area contributed by atoms with Crippen molar-refractivity contribution in [2.75, 3.05) is 73.0 Å². The Kier molecular flexibility index (Phi) is 44.3. The van der Waals surface area contributed by atoms with E-state index in [1.165, 1.54) is 0 Å². The van der Waals surface area contributed by atoms with E-state index in [1.54, 1.807) is 0 Å². The van der Waals surface area contributed by atoms with Crippen LogP contribution in [-0.2, 0) is 38.1 Å². The van der Waals surface area contributed by atoms with Gasteiger partial charge >= 0.3 is 0 Å². The highest BCUT2D eigenvalue weighted by molar-refractivity contribution is 5.91. The van der Waals surface area contributed by atoms with Gasteiger partial charge in [-0.1, -0.05) is 48.5 Å². The predicted octanol–water partition coefficient (Wildman–Crippen LogP) is 1.55. The summed E-state index contributed by atoms with van der Waals surface area (Å²) in [6, 6.07) is -1.58. The number of rotatable bonds is 25. The number of unbranched alkanes of at least 4 members (excludes halogenated alkanes) is 1. The molecule has 0 aromatic rings. The van der Waals surface area contributed by atoms with E-state index in [0.29, 0.717) is 72.1 Å². The van der Waals surface area contributed by atoms with Gasteiger partial charge in [0.2, 0.25) is 17.7 Å². The summed E-state index contributed by atoms with van der Waals surface area (Å²) in [5, 5.41) is 8.35. The van der Waals surface area contributed by atoms with Crippen molar-refractivity contribution < 1.29 is 38.1 Å². The van der Waals surface area contributed by atoms with Crippen molar-refractivity contribution >= 4 is 24.0 Å². The number of aldehydes is 1. The molecule has 258 valence electrons. The van der Waals surface area contributed by atoms with Crippen molar-refractivity contribution in [3.05, 3.63) is 0 Å². The van der Waals surface area contributed by atoms with E-state index in [2.05, 4.69) is 16.0 Å². The maximum Gasteiger partial charge on any atom is 0.243 e. The molecule has 2 atom stereocenters. The largest absolute Gasteiger partial charge is 0.379 e. The summed E-state index contributed by atoms with van der Waals surface area (Å²) in [7, 11) is 1.87. The lowest BCUT2D eigenvalue weighted by atomic mass is 10.0. The van der Waals surface area contributed by atoms with Crippen molar-refractivity contribution in [3.8, 4) is 0 Å². The molecule has 0 rings (SSSR count). The lowest BCUT2D eigenvalue weighted by Gasteiger charge is -2.24. The number of ether oxygens (including phenoxy) is 4. The van der Waals surface area contributed by atoms with Crippen LogP contribution in [-0.4, -0.2) is 109 Å². The third kappa shape index (κ3) is 35.9. The first kappa shape index (κ1) is 47.8. The third-order valence-corrected chi connectivity index (χ3v) is 5.13. The van der Waals surface area contributed by atoms with Crippen molar-refractivity contribution in [2.45, 2.75) is 92.7 Å². The first-order valence-corrected chi connectivity index (χ1v) is 15.7. The Morgan fingerprint density at radius 3 is 1.65 bits per heavy atom. The van der Waals surface area contributed by atoms with E-state index in [4.69, 9.17) is 30.4 Å². The fraction of sp³-hybridized carbons (Fsp3) is 0.867. The van der Waals surface area contributed by atoms with Crippen LogP contribution in [0.25, 0.3) is 0 Å². The summed E-state index contributed by atoms with van der Waals surface area (Å²) in [4.78, 5) is 45.7. The Morgan fingerprint density at radius 2 is 1.26 bits per heavy atom. The maximum absolute atomic E-state index is 12.6. The molecule has 0 saturated heterocycles. The third-order valence-electron chi connectivity index (χ3n) is 5.13. The summed E-state index contributed by atoms with van der Waals surface area (Å²) in [5.74, 6) is -1.54. The van der Waals surface area contributed by atoms with Crippen molar-refractivity contribution in [2.24, 2.45) is 17.4 Å². The topological polar surface area (TPSA) is 193 Å². The highest BCUT2D eigenvalue weighted by atomic mass is 16.6. The molecule has 0 aliphatic carbocycles. The molecule has 3 amide bonds. The molecular formula is C30H65N5O8. The monoisotopic (exact) mass is 623 g/mol. The van der Waals surface area contributed by atoms with Gasteiger partial charge in [0, 0.05) is 19.4 Å². The molecule has 0 saturated carbocycles. The van der Waals surface area contributed by atoms with Crippen LogP contribution in [0.3, 0.4) is 0 Å². The molecule has 13 nitrogen and oxygen atoms in total. The zero-order chi connectivity index (χ0) is 33.7. The molecule has 0 aromatic heterocycles. The van der Waals surface area contributed by atoms with Crippen molar-refractivity contribution in [3.63, 3.8) is 0 Å². The van der Waals surface area contributed by atoms with E-state index >= 15 is 0 Å². The minimum Gasteiger partial charge on any atom is -0.379 e. The highest BCUT2D eigenvalue weighted by Crippen LogP contribution is 2.06. The normalized spacial score (nSPS) is 11.4. The zero-order valence-corrected chi connectivity index (χ0v) is 28.3. The van der Waals surface area contributed by atoms with Gasteiger partial charge in [0.25, 0.3) is 0 Å². The number of nitrogens with two attached hydrogens (primary N) is 2. The smallest absolute Gasteiger partial charge is 0.243 e. The summed E-state index contributed by atoms with van der Waals surface area (Å²) >= 11 is 0. The molecular weight excluding hydrogens is 558 g/mol. The number of hydrogen-bond acceptors (Lipinski definition) is 10. The molecule has 0 bridgehead atoms. The minimum absolute atomic E-state index is 0.100. The van der Waals surface area contributed by atoms with E-state index in [9.17, 15) is 19.2 Å². The van der Waals surface area contributed by atoms with Crippen molar-refractivity contribution in [1.82, 2.24) is 16.0 Å². The molecule has 43 heavy (non-hydrogen) atoms. The van der Waals surface area contributed by atoms with E-state index in [1.807, 2.05) is 55.5 Å². The fourth-order valence-electron chi connectivity index (χ4n) is 2.92. The number of hydrogen-bond donors (Lipinski definition) is 5. The van der Waals surface area contributed by atoms with Crippen LogP contribution in [0.2, 0.25) is 0 Å². The summed E-state index contributed by atoms with van der Waals surface area (Å²) in [6.07, 6.45) is 3.42. The van der Waals surface area contributed by atoms with Crippen LogP contribution in [0.4, 0.5) is 0 Å². The van der Waals surface area contributed by atoms with Gasteiger partial charge in [0.15, 0.2) is 0 Å². The molecule has 7 N–H and O–H groups in total. The summed E-state index contributed by atoms with van der Waals surface area (Å²) in [6.45, 7) is 18.3. The van der Waals surface area contributed by atoms with Gasteiger partial charge in [-0.25, -0.2) is 0 Å². The van der Waals surface area contributed by atoms with E-state index in [0.717, 1.165) is 19.3 Å². The van der Waals surface area contributed by atoms with Crippen LogP contribution in [0.5, 0.6) is 0 Å². The Hall–Kier alpha value is -2.16. The fourth-order valence-corrected chi connectivity index (χ4v) is 2.92. The Balaban J connectivity index is -0.000000853. The van der Waals surface area contributed by atoms with Crippen LogP contribution in [0, 0.1) is 5.92 Å². The molecule has 0 aromatic carbocycles. The second kappa shape index (κ2) is 39.8. The van der Waals surface area contributed by atoms with Gasteiger partial charge in [-0.15, -0.1) is 0 Å². The highest BCUT2D eigenvalue weighted by Gasteiger charge is 2.27. The first-order chi connectivity index (χ1) is 20.7. The Morgan fingerprint density at radius 1 is 0.791 bits per heavy atom. The SMILES string of the molecule is CC.CC.CCC=O.CNCCOCCOCCOCCOCCC(=O)NC(C(=O)NC(CCCCN)C(N)=O)C(C)C. The molecule has 0 radical (unpaired) electrons. The number of carbonyl (C=O) groups is 4. The van der Waals surface area contributed by atoms with Gasteiger partial charge in [-0.05, 0) is 38.8 Å². The van der Waals surface area contributed by atoms with E-state index < -0.39 is 23.9 Å². The number of primary amides is 1. The molecule has 0 heterocycles. The molecule has 0 aliphatic heterocycles.